The lowest BCUT2D eigenvalue weighted by atomic mass is 9.94. The number of alkyl carbamates (subject to hydrolysis) is 1. The van der Waals surface area contributed by atoms with Gasteiger partial charge in [-0.25, -0.2) is 4.79 Å². The Balaban J connectivity index is 2.12. The van der Waals surface area contributed by atoms with Crippen LogP contribution in [0.4, 0.5) is 4.79 Å². The fraction of sp³-hybridized carbons (Fsp3) is 0.600. The minimum absolute atomic E-state index is 0.156. The average Bonchev–Trinajstić information content (AvgIpc) is 3.55. The number of Topliss-reactive ketones (excluding diaryl/α,β-unsaturated/α-hetero) is 1. The molecule has 3 amide bonds. The van der Waals surface area contributed by atoms with E-state index in [1.54, 1.807) is 27.7 Å². The van der Waals surface area contributed by atoms with Gasteiger partial charge >= 0.3 is 6.09 Å². The first kappa shape index (κ1) is 29.2. The predicted octanol–water partition coefficient (Wildman–Crippen LogP) is 0.743. The molecule has 0 bridgehead atoms. The molecule has 200 valence electrons. The number of hydrogen-bond donors (Lipinski definition) is 3. The number of rotatable bonds is 13. The third-order valence-corrected chi connectivity index (χ3v) is 5.32. The first-order chi connectivity index (χ1) is 16.9. The van der Waals surface area contributed by atoms with Crippen molar-refractivity contribution in [3.05, 3.63) is 35.9 Å². The van der Waals surface area contributed by atoms with E-state index in [0.717, 1.165) is 5.56 Å². The number of nitrogens with one attached hydrogen (secondary N) is 3. The van der Waals surface area contributed by atoms with Crippen LogP contribution >= 0.6 is 0 Å². The number of ether oxygens (including phenoxy) is 4. The van der Waals surface area contributed by atoms with Crippen LogP contribution in [0.3, 0.4) is 0 Å². The minimum Gasteiger partial charge on any atom is -0.444 e. The van der Waals surface area contributed by atoms with E-state index in [9.17, 15) is 19.2 Å². The number of hydrogen-bond acceptors (Lipinski definition) is 8. The quantitative estimate of drug-likeness (QED) is 0.332. The van der Waals surface area contributed by atoms with Crippen molar-refractivity contribution in [3.8, 4) is 0 Å². The molecule has 1 aromatic rings. The smallest absolute Gasteiger partial charge is 0.408 e. The van der Waals surface area contributed by atoms with Crippen LogP contribution in [0, 0.1) is 0 Å². The summed E-state index contributed by atoms with van der Waals surface area (Å²) in [6.07, 6.45) is -0.552. The molecule has 0 saturated carbocycles. The van der Waals surface area contributed by atoms with Gasteiger partial charge in [0.15, 0.2) is 5.78 Å². The Morgan fingerprint density at radius 3 is 1.89 bits per heavy atom. The summed E-state index contributed by atoms with van der Waals surface area (Å²) < 4.78 is 20.7. The molecular weight excluding hydrogens is 470 g/mol. The standard InChI is InChI=1S/C25H37N3O8/c1-24(2,3)36-23(32)28-19(14-34-6)22(31)27-18(13-33-5)21(30)26-17(20(29)25(4)15-35-25)12-16-10-8-7-9-11-16/h7-11,17-19H,12-15H2,1-6H3,(H,26,30)(H,27,31)(H,28,32)/t17-,18-,19-,25+/m0/s1. The second kappa shape index (κ2) is 12.8. The molecule has 1 fully saturated rings. The molecule has 0 unspecified atom stereocenters. The Hall–Kier alpha value is -3.02. The van der Waals surface area contributed by atoms with Gasteiger partial charge in [0.05, 0.1) is 25.9 Å². The zero-order chi connectivity index (χ0) is 26.9. The van der Waals surface area contributed by atoms with E-state index in [2.05, 4.69) is 16.0 Å². The van der Waals surface area contributed by atoms with Gasteiger partial charge in [0.1, 0.15) is 23.3 Å². The van der Waals surface area contributed by atoms with E-state index in [0.29, 0.717) is 0 Å². The van der Waals surface area contributed by atoms with Gasteiger partial charge in [0.2, 0.25) is 11.8 Å². The van der Waals surface area contributed by atoms with Gasteiger partial charge in [-0.1, -0.05) is 30.3 Å². The van der Waals surface area contributed by atoms with Gasteiger partial charge in [-0.05, 0) is 39.7 Å². The van der Waals surface area contributed by atoms with Crippen molar-refractivity contribution in [1.29, 1.82) is 0 Å². The summed E-state index contributed by atoms with van der Waals surface area (Å²) in [5.74, 6) is -1.55. The molecule has 3 N–H and O–H groups in total. The number of benzene rings is 1. The topological polar surface area (TPSA) is 145 Å². The number of methoxy groups -OCH3 is 2. The summed E-state index contributed by atoms with van der Waals surface area (Å²) >= 11 is 0. The normalized spacial score (nSPS) is 19.4. The zero-order valence-electron chi connectivity index (χ0n) is 21.7. The third kappa shape index (κ3) is 9.21. The summed E-state index contributed by atoms with van der Waals surface area (Å²) in [6.45, 7) is 6.71. The van der Waals surface area contributed by atoms with Gasteiger partial charge in [-0.3, -0.25) is 14.4 Å². The predicted molar refractivity (Wildman–Crippen MR) is 130 cm³/mol. The third-order valence-electron chi connectivity index (χ3n) is 5.32. The summed E-state index contributed by atoms with van der Waals surface area (Å²) in [5, 5.41) is 7.74. The van der Waals surface area contributed by atoms with Crippen molar-refractivity contribution < 1.29 is 38.1 Å². The Morgan fingerprint density at radius 2 is 1.42 bits per heavy atom. The number of epoxide rings is 1. The largest absolute Gasteiger partial charge is 0.444 e. The molecule has 0 aromatic heterocycles. The van der Waals surface area contributed by atoms with E-state index in [-0.39, 0.29) is 32.0 Å². The Labute approximate surface area is 211 Å². The van der Waals surface area contributed by atoms with Crippen molar-refractivity contribution in [1.82, 2.24) is 16.0 Å². The second-order valence-electron chi connectivity index (χ2n) is 9.81. The number of carbonyl (C=O) groups is 4. The summed E-state index contributed by atoms with van der Waals surface area (Å²) in [5.41, 5.74) is -0.860. The van der Waals surface area contributed by atoms with Gasteiger partial charge < -0.3 is 34.9 Å². The molecule has 1 aliphatic heterocycles. The van der Waals surface area contributed by atoms with Crippen LogP contribution in [0.1, 0.15) is 33.3 Å². The maximum Gasteiger partial charge on any atom is 0.408 e. The number of carbonyl (C=O) groups excluding carboxylic acids is 4. The lowest BCUT2D eigenvalue weighted by Gasteiger charge is -2.26. The highest BCUT2D eigenvalue weighted by Gasteiger charge is 2.50. The van der Waals surface area contributed by atoms with E-state index in [4.69, 9.17) is 18.9 Å². The monoisotopic (exact) mass is 507 g/mol. The van der Waals surface area contributed by atoms with E-state index >= 15 is 0 Å². The van der Waals surface area contributed by atoms with Crippen molar-refractivity contribution in [2.45, 2.75) is 63.4 Å². The van der Waals surface area contributed by atoms with E-state index in [1.807, 2.05) is 30.3 Å². The maximum atomic E-state index is 13.2. The SMILES string of the molecule is COC[C@H](NC(=O)OC(C)(C)C)C(=O)N[C@@H](COC)C(=O)N[C@@H](Cc1ccccc1)C(=O)[C@@]1(C)CO1. The molecule has 2 rings (SSSR count). The number of amides is 3. The average molecular weight is 508 g/mol. The van der Waals surface area contributed by atoms with Crippen LogP contribution in [0.2, 0.25) is 0 Å². The molecule has 0 spiro atoms. The molecule has 0 radical (unpaired) electrons. The fourth-order valence-electron chi connectivity index (χ4n) is 3.37. The van der Waals surface area contributed by atoms with E-state index < -0.39 is 47.2 Å². The Morgan fingerprint density at radius 1 is 0.917 bits per heavy atom. The summed E-state index contributed by atoms with van der Waals surface area (Å²) in [4.78, 5) is 51.3. The first-order valence-corrected chi connectivity index (χ1v) is 11.7. The van der Waals surface area contributed by atoms with Crippen LogP contribution in [-0.2, 0) is 39.8 Å². The highest BCUT2D eigenvalue weighted by molar-refractivity contribution is 5.98. The molecule has 1 saturated heterocycles. The zero-order valence-corrected chi connectivity index (χ0v) is 21.7. The molecule has 4 atom stereocenters. The Kier molecular flexibility index (Phi) is 10.4. The van der Waals surface area contributed by atoms with Gasteiger partial charge in [-0.15, -0.1) is 0 Å². The Bertz CT molecular complexity index is 912. The summed E-state index contributed by atoms with van der Waals surface area (Å²) in [7, 11) is 2.75. The van der Waals surface area contributed by atoms with Crippen LogP contribution < -0.4 is 16.0 Å². The molecule has 1 aliphatic rings. The molecule has 1 aromatic carbocycles. The number of ketones is 1. The van der Waals surface area contributed by atoms with Crippen molar-refractivity contribution >= 4 is 23.7 Å². The molecule has 11 nitrogen and oxygen atoms in total. The van der Waals surface area contributed by atoms with Crippen molar-refractivity contribution in [2.24, 2.45) is 0 Å². The first-order valence-electron chi connectivity index (χ1n) is 11.7. The van der Waals surface area contributed by atoms with E-state index in [1.165, 1.54) is 14.2 Å². The van der Waals surface area contributed by atoms with Crippen LogP contribution in [0.15, 0.2) is 30.3 Å². The molecule has 0 aliphatic carbocycles. The second-order valence-corrected chi connectivity index (χ2v) is 9.81. The van der Waals surface area contributed by atoms with Gasteiger partial charge in [0, 0.05) is 14.2 Å². The lowest BCUT2D eigenvalue weighted by Crippen LogP contribution is -2.59. The minimum atomic E-state index is -1.14. The highest BCUT2D eigenvalue weighted by atomic mass is 16.6. The summed E-state index contributed by atoms with van der Waals surface area (Å²) in [6, 6.07) is 6.11. The van der Waals surface area contributed by atoms with Gasteiger partial charge in [-0.2, -0.15) is 0 Å². The molecule has 36 heavy (non-hydrogen) atoms. The molecule has 11 heteroatoms. The molecular formula is C25H37N3O8. The highest BCUT2D eigenvalue weighted by Crippen LogP contribution is 2.29. The van der Waals surface area contributed by atoms with Gasteiger partial charge in [0.25, 0.3) is 0 Å². The fourth-order valence-corrected chi connectivity index (χ4v) is 3.37. The molecule has 1 heterocycles. The van der Waals surface area contributed by atoms with Crippen LogP contribution in [-0.4, -0.2) is 87.1 Å². The van der Waals surface area contributed by atoms with Crippen LogP contribution in [0.5, 0.6) is 0 Å². The van der Waals surface area contributed by atoms with Crippen molar-refractivity contribution in [3.63, 3.8) is 0 Å². The van der Waals surface area contributed by atoms with Crippen molar-refractivity contribution in [2.75, 3.05) is 34.0 Å². The lowest BCUT2D eigenvalue weighted by molar-refractivity contribution is -0.134. The van der Waals surface area contributed by atoms with Crippen LogP contribution in [0.25, 0.3) is 0 Å². The maximum absolute atomic E-state index is 13.2.